The summed E-state index contributed by atoms with van der Waals surface area (Å²) in [5.74, 6) is 2.18. The molecule has 0 aliphatic carbocycles. The molecule has 0 amide bonds. The highest BCUT2D eigenvalue weighted by molar-refractivity contribution is 6.33. The Labute approximate surface area is 241 Å². The molecule has 4 heterocycles. The molecule has 10 heteroatoms. The number of hydrogen-bond donors (Lipinski definition) is 2. The summed E-state index contributed by atoms with van der Waals surface area (Å²) in [6, 6.07) is 9.88. The van der Waals surface area contributed by atoms with Crippen LogP contribution in [-0.4, -0.2) is 75.3 Å². The number of pyridine rings is 1. The molecule has 1 aliphatic heterocycles. The van der Waals surface area contributed by atoms with Crippen molar-refractivity contribution in [2.75, 3.05) is 51.2 Å². The lowest BCUT2D eigenvalue weighted by atomic mass is 9.92. The highest BCUT2D eigenvalue weighted by atomic mass is 35.5. The van der Waals surface area contributed by atoms with Gasteiger partial charge in [0.2, 0.25) is 0 Å². The van der Waals surface area contributed by atoms with Crippen LogP contribution in [0.5, 0.6) is 5.75 Å². The van der Waals surface area contributed by atoms with E-state index in [2.05, 4.69) is 68.8 Å². The number of nitrogens with zero attached hydrogens (tertiary/aromatic N) is 6. The van der Waals surface area contributed by atoms with Gasteiger partial charge in [-0.1, -0.05) is 32.4 Å². The van der Waals surface area contributed by atoms with E-state index in [0.29, 0.717) is 23.7 Å². The molecule has 0 radical (unpaired) electrons. The van der Waals surface area contributed by atoms with Gasteiger partial charge in [-0.2, -0.15) is 0 Å². The van der Waals surface area contributed by atoms with E-state index in [1.807, 2.05) is 30.5 Å². The summed E-state index contributed by atoms with van der Waals surface area (Å²) in [5, 5.41) is 7.43. The summed E-state index contributed by atoms with van der Waals surface area (Å²) in [6.07, 6.45) is 4.42. The van der Waals surface area contributed by atoms with Crippen LogP contribution in [-0.2, 0) is 6.54 Å². The number of nitrogens with one attached hydrogen (secondary N) is 2. The predicted octanol–water partition coefficient (Wildman–Crippen LogP) is 5.03. The second-order valence-corrected chi connectivity index (χ2v) is 12.0. The molecule has 0 unspecified atom stereocenters. The second kappa shape index (κ2) is 12.5. The van der Waals surface area contributed by atoms with Crippen LogP contribution in [0, 0.1) is 12.3 Å². The van der Waals surface area contributed by atoms with Crippen molar-refractivity contribution in [2.24, 2.45) is 5.41 Å². The van der Waals surface area contributed by atoms with Gasteiger partial charge in [-0.05, 0) is 54.7 Å². The van der Waals surface area contributed by atoms with E-state index in [9.17, 15) is 0 Å². The van der Waals surface area contributed by atoms with Gasteiger partial charge in [0.15, 0.2) is 17.0 Å². The lowest BCUT2D eigenvalue weighted by Gasteiger charge is -2.26. The molecule has 0 saturated carbocycles. The van der Waals surface area contributed by atoms with E-state index < -0.39 is 0 Å². The predicted molar refractivity (Wildman–Crippen MR) is 161 cm³/mol. The number of ether oxygens (including phenoxy) is 1. The fourth-order valence-electron chi connectivity index (χ4n) is 4.82. The number of anilines is 1. The molecule has 1 aliphatic rings. The number of benzene rings is 1. The minimum absolute atomic E-state index is 0.211. The van der Waals surface area contributed by atoms with Crippen LogP contribution in [0.4, 0.5) is 5.82 Å². The van der Waals surface area contributed by atoms with E-state index in [1.54, 1.807) is 6.33 Å². The summed E-state index contributed by atoms with van der Waals surface area (Å²) in [7, 11) is 0. The topological polar surface area (TPSA) is 93.0 Å². The Hall–Kier alpha value is -3.27. The number of hydrogen-bond acceptors (Lipinski definition) is 8. The molecule has 0 spiro atoms. The van der Waals surface area contributed by atoms with E-state index in [4.69, 9.17) is 21.3 Å². The lowest BCUT2D eigenvalue weighted by Crippen LogP contribution is -2.44. The molecule has 0 atom stereocenters. The first-order valence-electron chi connectivity index (χ1n) is 14.0. The maximum atomic E-state index is 6.87. The zero-order valence-electron chi connectivity index (χ0n) is 23.9. The van der Waals surface area contributed by atoms with Crippen molar-refractivity contribution in [3.05, 3.63) is 59.1 Å². The Morgan fingerprint density at radius 2 is 1.90 bits per heavy atom. The third-order valence-corrected chi connectivity index (χ3v) is 7.37. The van der Waals surface area contributed by atoms with Crippen molar-refractivity contribution in [1.82, 2.24) is 34.7 Å². The first-order valence-corrected chi connectivity index (χ1v) is 14.4. The number of halogens is 1. The van der Waals surface area contributed by atoms with Gasteiger partial charge in [-0.15, -0.1) is 0 Å². The Morgan fingerprint density at radius 3 is 2.65 bits per heavy atom. The van der Waals surface area contributed by atoms with Crippen LogP contribution in [0.3, 0.4) is 0 Å². The van der Waals surface area contributed by atoms with Gasteiger partial charge >= 0.3 is 0 Å². The third-order valence-electron chi connectivity index (χ3n) is 7.06. The highest BCUT2D eigenvalue weighted by Crippen LogP contribution is 2.34. The normalized spacial score (nSPS) is 14.5. The quantitative estimate of drug-likeness (QED) is 0.278. The second-order valence-electron chi connectivity index (χ2n) is 11.6. The smallest absolute Gasteiger partial charge is 0.166 e. The Balaban J connectivity index is 1.44. The Morgan fingerprint density at radius 1 is 1.07 bits per heavy atom. The van der Waals surface area contributed by atoms with Crippen LogP contribution >= 0.6 is 11.6 Å². The largest absolute Gasteiger partial charge is 0.492 e. The molecule has 1 fully saturated rings. The summed E-state index contributed by atoms with van der Waals surface area (Å²) in [6.45, 7) is 15.7. The van der Waals surface area contributed by atoms with Crippen molar-refractivity contribution >= 4 is 28.6 Å². The summed E-state index contributed by atoms with van der Waals surface area (Å²) < 4.78 is 8.12. The molecule has 5 rings (SSSR count). The average molecular weight is 563 g/mol. The maximum Gasteiger partial charge on any atom is 0.166 e. The molecular formula is C30H39ClN8O. The SMILES string of the molecule is Cc1ccnc(Cn2c(-c3ccc(OCCN4CCNCC4)cc3Cl)nc3c(NCCC(C)(C)C)ncnc32)c1. The fourth-order valence-corrected chi connectivity index (χ4v) is 5.07. The lowest BCUT2D eigenvalue weighted by molar-refractivity contribution is 0.191. The van der Waals surface area contributed by atoms with Crippen molar-refractivity contribution in [3.63, 3.8) is 0 Å². The van der Waals surface area contributed by atoms with Crippen LogP contribution in [0.25, 0.3) is 22.6 Å². The average Bonchev–Trinajstić information content (AvgIpc) is 3.27. The van der Waals surface area contributed by atoms with Crippen LogP contribution in [0.2, 0.25) is 5.02 Å². The van der Waals surface area contributed by atoms with Gasteiger partial charge in [0, 0.05) is 51.0 Å². The van der Waals surface area contributed by atoms with Crippen molar-refractivity contribution in [3.8, 4) is 17.1 Å². The maximum absolute atomic E-state index is 6.87. The molecule has 1 aromatic carbocycles. The van der Waals surface area contributed by atoms with Gasteiger partial charge in [-0.25, -0.2) is 15.0 Å². The Kier molecular flexibility index (Phi) is 8.83. The number of piperazine rings is 1. The van der Waals surface area contributed by atoms with Crippen molar-refractivity contribution in [1.29, 1.82) is 0 Å². The fraction of sp³-hybridized carbons (Fsp3) is 0.467. The highest BCUT2D eigenvalue weighted by Gasteiger charge is 2.21. The molecule has 2 N–H and O–H groups in total. The van der Waals surface area contributed by atoms with E-state index in [-0.39, 0.29) is 5.41 Å². The third kappa shape index (κ3) is 7.08. The standard InChI is InChI=1S/C30H39ClN8O/c1-21-7-9-33-22(17-21)19-39-28(37-26-27(35-20-36-29(26)39)34-10-8-30(2,3)4)24-6-5-23(18-25(24)31)40-16-15-38-13-11-32-12-14-38/h5-7,9,17-18,20,32H,8,10-16,19H2,1-4H3,(H,34,35,36). The number of imidazole rings is 1. The summed E-state index contributed by atoms with van der Waals surface area (Å²) in [4.78, 5) is 21.2. The zero-order valence-corrected chi connectivity index (χ0v) is 24.6. The van der Waals surface area contributed by atoms with Gasteiger partial charge < -0.3 is 19.9 Å². The number of aromatic nitrogens is 5. The molecule has 0 bridgehead atoms. The number of aryl methyl sites for hydroxylation is 1. The minimum atomic E-state index is 0.211. The van der Waals surface area contributed by atoms with Crippen molar-refractivity contribution in [2.45, 2.75) is 40.7 Å². The van der Waals surface area contributed by atoms with Crippen LogP contribution in [0.1, 0.15) is 38.4 Å². The molecule has 40 heavy (non-hydrogen) atoms. The van der Waals surface area contributed by atoms with Gasteiger partial charge in [0.05, 0.1) is 17.3 Å². The monoisotopic (exact) mass is 562 g/mol. The molecule has 1 saturated heterocycles. The van der Waals surface area contributed by atoms with E-state index >= 15 is 0 Å². The van der Waals surface area contributed by atoms with Crippen LogP contribution < -0.4 is 15.4 Å². The first-order chi connectivity index (χ1) is 19.3. The molecular weight excluding hydrogens is 524 g/mol. The van der Waals surface area contributed by atoms with Gasteiger partial charge in [-0.3, -0.25) is 9.88 Å². The van der Waals surface area contributed by atoms with E-state index in [0.717, 1.165) is 85.5 Å². The minimum Gasteiger partial charge on any atom is -0.492 e. The van der Waals surface area contributed by atoms with E-state index in [1.165, 1.54) is 0 Å². The first kappa shape index (κ1) is 28.3. The van der Waals surface area contributed by atoms with Gasteiger partial charge in [0.25, 0.3) is 0 Å². The molecule has 3 aromatic heterocycles. The zero-order chi connectivity index (χ0) is 28.1. The molecule has 212 valence electrons. The molecule has 4 aromatic rings. The summed E-state index contributed by atoms with van der Waals surface area (Å²) >= 11 is 6.87. The number of rotatable bonds is 10. The van der Waals surface area contributed by atoms with Crippen LogP contribution in [0.15, 0.2) is 42.9 Å². The molecule has 9 nitrogen and oxygen atoms in total. The number of fused-ring (bicyclic) bond motifs is 1. The van der Waals surface area contributed by atoms with Gasteiger partial charge in [0.1, 0.15) is 24.5 Å². The van der Waals surface area contributed by atoms with Crippen molar-refractivity contribution < 1.29 is 4.74 Å². The Bertz CT molecular complexity index is 1440. The summed E-state index contributed by atoms with van der Waals surface area (Å²) in [5.41, 5.74) is 4.54.